The maximum atomic E-state index is 8.90. The molecule has 0 unspecified atom stereocenters. The molecule has 0 atom stereocenters. The molecule has 0 bridgehead atoms. The number of hydrogen-bond donors (Lipinski definition) is 1. The molecule has 2 rings (SSSR count). The van der Waals surface area contributed by atoms with Crippen molar-refractivity contribution in [3.63, 3.8) is 0 Å². The first-order valence-corrected chi connectivity index (χ1v) is 6.87. The molecule has 0 spiro atoms. The Morgan fingerprint density at radius 3 is 2.67 bits per heavy atom. The minimum Gasteiger partial charge on any atom is -0.490 e. The quantitative estimate of drug-likeness (QED) is 0.805. The van der Waals surface area contributed by atoms with E-state index in [9.17, 15) is 0 Å². The van der Waals surface area contributed by atoms with E-state index in [4.69, 9.17) is 21.6 Å². The van der Waals surface area contributed by atoms with Gasteiger partial charge in [0.1, 0.15) is 12.4 Å². The summed E-state index contributed by atoms with van der Waals surface area (Å²) in [6, 6.07) is 15.0. The zero-order valence-electron chi connectivity index (χ0n) is 11.5. The minimum atomic E-state index is 0.494. The number of halogens is 1. The number of ether oxygens (including phenoxy) is 1. The van der Waals surface area contributed by atoms with Gasteiger partial charge in [-0.05, 0) is 35.9 Å². The molecule has 0 saturated heterocycles. The Morgan fingerprint density at radius 1 is 1.24 bits per heavy atom. The molecule has 1 N–H and O–H groups in total. The van der Waals surface area contributed by atoms with Gasteiger partial charge in [-0.3, -0.25) is 0 Å². The van der Waals surface area contributed by atoms with Crippen LogP contribution < -0.4 is 10.1 Å². The van der Waals surface area contributed by atoms with Gasteiger partial charge in [-0.2, -0.15) is 5.26 Å². The normalized spacial score (nSPS) is 9.71. The summed E-state index contributed by atoms with van der Waals surface area (Å²) in [5, 5.41) is 12.7. The van der Waals surface area contributed by atoms with E-state index >= 15 is 0 Å². The van der Waals surface area contributed by atoms with Gasteiger partial charge in [0.2, 0.25) is 0 Å². The average molecular weight is 299 g/mol. The molecule has 2 aromatic rings. The Bertz CT molecular complexity index is 659. The highest BCUT2D eigenvalue weighted by atomic mass is 35.5. The lowest BCUT2D eigenvalue weighted by atomic mass is 10.2. The smallest absolute Gasteiger partial charge is 0.119 e. The zero-order valence-corrected chi connectivity index (χ0v) is 12.2. The molecule has 4 heteroatoms. The number of benzene rings is 2. The summed E-state index contributed by atoms with van der Waals surface area (Å²) in [7, 11) is 0. The molecular weight excluding hydrogens is 284 g/mol. The number of anilines is 1. The van der Waals surface area contributed by atoms with E-state index in [2.05, 4.69) is 18.0 Å². The first kappa shape index (κ1) is 15.0. The lowest BCUT2D eigenvalue weighted by Gasteiger charge is -2.09. The van der Waals surface area contributed by atoms with Gasteiger partial charge in [0.05, 0.1) is 22.3 Å². The Kier molecular flexibility index (Phi) is 5.25. The van der Waals surface area contributed by atoms with Gasteiger partial charge in [-0.1, -0.05) is 36.4 Å². The summed E-state index contributed by atoms with van der Waals surface area (Å²) in [5.74, 6) is 0.808. The monoisotopic (exact) mass is 298 g/mol. The third kappa shape index (κ3) is 4.27. The van der Waals surface area contributed by atoms with Gasteiger partial charge in [-0.15, -0.1) is 0 Å². The van der Waals surface area contributed by atoms with Crippen molar-refractivity contribution in [2.75, 3.05) is 11.9 Å². The fourth-order valence-corrected chi connectivity index (χ4v) is 1.97. The molecule has 0 saturated carbocycles. The van der Waals surface area contributed by atoms with Crippen molar-refractivity contribution in [2.24, 2.45) is 0 Å². The fraction of sp³-hybridized carbons (Fsp3) is 0.118. The van der Waals surface area contributed by atoms with Crippen LogP contribution >= 0.6 is 11.6 Å². The maximum absolute atomic E-state index is 8.90. The molecule has 106 valence electrons. The zero-order chi connectivity index (χ0) is 15.1. The van der Waals surface area contributed by atoms with Crippen LogP contribution in [0.4, 0.5) is 5.69 Å². The summed E-state index contributed by atoms with van der Waals surface area (Å²) in [5.41, 5.74) is 2.43. The van der Waals surface area contributed by atoms with Gasteiger partial charge in [0, 0.05) is 6.54 Å². The van der Waals surface area contributed by atoms with E-state index in [1.807, 2.05) is 24.3 Å². The highest BCUT2D eigenvalue weighted by molar-refractivity contribution is 6.33. The van der Waals surface area contributed by atoms with E-state index in [-0.39, 0.29) is 0 Å². The van der Waals surface area contributed by atoms with E-state index < -0.39 is 0 Å². The highest BCUT2D eigenvalue weighted by Crippen LogP contribution is 2.23. The summed E-state index contributed by atoms with van der Waals surface area (Å²) in [4.78, 5) is 0. The molecule has 2 aromatic carbocycles. The first-order chi connectivity index (χ1) is 10.2. The average Bonchev–Trinajstić information content (AvgIpc) is 2.53. The fourth-order valence-electron chi connectivity index (χ4n) is 1.79. The number of nitrogens with one attached hydrogen (secondary N) is 1. The second-order valence-electron chi connectivity index (χ2n) is 4.40. The molecule has 0 heterocycles. The highest BCUT2D eigenvalue weighted by Gasteiger charge is 2.02. The number of nitriles is 1. The maximum Gasteiger partial charge on any atom is 0.119 e. The standard InChI is InChI=1S/C17H15ClN2O/c1-2-9-21-15-6-3-13(4-7-15)12-20-17-10-14(11-19)5-8-16(17)18/h2-8,10,20H,1,9,12H2. The molecule has 0 amide bonds. The largest absolute Gasteiger partial charge is 0.490 e. The predicted molar refractivity (Wildman–Crippen MR) is 85.6 cm³/mol. The van der Waals surface area contributed by atoms with Crippen molar-refractivity contribution in [2.45, 2.75) is 6.54 Å². The van der Waals surface area contributed by atoms with Crippen LogP contribution in [-0.2, 0) is 6.54 Å². The number of hydrogen-bond acceptors (Lipinski definition) is 3. The van der Waals surface area contributed by atoms with Crippen LogP contribution in [-0.4, -0.2) is 6.61 Å². The van der Waals surface area contributed by atoms with Crippen molar-refractivity contribution in [1.29, 1.82) is 5.26 Å². The summed E-state index contributed by atoms with van der Waals surface area (Å²) in [6.07, 6.45) is 1.71. The van der Waals surface area contributed by atoms with E-state index in [0.717, 1.165) is 17.0 Å². The van der Waals surface area contributed by atoms with Crippen LogP contribution in [0.1, 0.15) is 11.1 Å². The second-order valence-corrected chi connectivity index (χ2v) is 4.81. The third-order valence-corrected chi connectivity index (χ3v) is 3.20. The van der Waals surface area contributed by atoms with E-state index in [1.54, 1.807) is 24.3 Å². The molecule has 3 nitrogen and oxygen atoms in total. The SMILES string of the molecule is C=CCOc1ccc(CNc2cc(C#N)ccc2Cl)cc1. The van der Waals surface area contributed by atoms with Crippen molar-refractivity contribution in [3.05, 3.63) is 71.3 Å². The topological polar surface area (TPSA) is 45.0 Å². The van der Waals surface area contributed by atoms with Crippen molar-refractivity contribution >= 4 is 17.3 Å². The molecule has 0 fully saturated rings. The van der Waals surface area contributed by atoms with Crippen LogP contribution in [0, 0.1) is 11.3 Å². The van der Waals surface area contributed by atoms with Gasteiger partial charge < -0.3 is 10.1 Å². The minimum absolute atomic E-state index is 0.494. The molecule has 0 aliphatic rings. The molecule has 0 aromatic heterocycles. The van der Waals surface area contributed by atoms with Gasteiger partial charge in [0.25, 0.3) is 0 Å². The van der Waals surface area contributed by atoms with Crippen molar-refractivity contribution < 1.29 is 4.74 Å². The van der Waals surface area contributed by atoms with Crippen LogP contribution in [0.3, 0.4) is 0 Å². The summed E-state index contributed by atoms with van der Waals surface area (Å²) >= 11 is 6.10. The number of nitrogens with zero attached hydrogens (tertiary/aromatic N) is 1. The van der Waals surface area contributed by atoms with Gasteiger partial charge >= 0.3 is 0 Å². The van der Waals surface area contributed by atoms with E-state index in [0.29, 0.717) is 23.7 Å². The van der Waals surface area contributed by atoms with Crippen LogP contribution in [0.2, 0.25) is 5.02 Å². The molecule has 21 heavy (non-hydrogen) atoms. The molecule has 0 aliphatic carbocycles. The lowest BCUT2D eigenvalue weighted by Crippen LogP contribution is -2.00. The van der Waals surface area contributed by atoms with Crippen molar-refractivity contribution in [1.82, 2.24) is 0 Å². The molecular formula is C17H15ClN2O. The third-order valence-electron chi connectivity index (χ3n) is 2.87. The molecule has 0 radical (unpaired) electrons. The lowest BCUT2D eigenvalue weighted by molar-refractivity contribution is 0.363. The first-order valence-electron chi connectivity index (χ1n) is 6.49. The summed E-state index contributed by atoms with van der Waals surface area (Å²) < 4.78 is 5.43. The Labute approximate surface area is 129 Å². The van der Waals surface area contributed by atoms with Crippen molar-refractivity contribution in [3.8, 4) is 11.8 Å². The van der Waals surface area contributed by atoms with Crippen LogP contribution in [0.15, 0.2) is 55.1 Å². The Morgan fingerprint density at radius 2 is 2.00 bits per heavy atom. The Balaban J connectivity index is 2.00. The van der Waals surface area contributed by atoms with Gasteiger partial charge in [0.15, 0.2) is 0 Å². The Hall–Kier alpha value is -2.44. The van der Waals surface area contributed by atoms with Crippen LogP contribution in [0.5, 0.6) is 5.75 Å². The van der Waals surface area contributed by atoms with Gasteiger partial charge in [-0.25, -0.2) is 0 Å². The van der Waals surface area contributed by atoms with E-state index in [1.165, 1.54) is 0 Å². The second kappa shape index (κ2) is 7.37. The summed E-state index contributed by atoms with van der Waals surface area (Å²) in [6.45, 7) is 4.72. The van der Waals surface area contributed by atoms with Crippen LogP contribution in [0.25, 0.3) is 0 Å². The predicted octanol–water partition coefficient (Wildman–Crippen LogP) is 4.39. The number of rotatable bonds is 6. The molecule has 0 aliphatic heterocycles.